The van der Waals surface area contributed by atoms with E-state index >= 15 is 0 Å². The van der Waals surface area contributed by atoms with Gasteiger partial charge in [-0.15, -0.1) is 0 Å². The van der Waals surface area contributed by atoms with Gasteiger partial charge in [0, 0.05) is 6.26 Å². The summed E-state index contributed by atoms with van der Waals surface area (Å²) in [6.45, 7) is 0. The SMILES string of the molecule is CS(=O)(=O)C(=O)C#N. The molecule has 0 amide bonds. The molecule has 0 radical (unpaired) electrons. The lowest BCUT2D eigenvalue weighted by Gasteiger charge is -1.78. The number of sulfone groups is 1. The van der Waals surface area contributed by atoms with E-state index in [0.29, 0.717) is 6.26 Å². The Balaban J connectivity index is 4.62. The third-order valence-electron chi connectivity index (χ3n) is 0.428. The Bertz CT molecular complexity index is 232. The van der Waals surface area contributed by atoms with Gasteiger partial charge in [-0.1, -0.05) is 0 Å². The first kappa shape index (κ1) is 7.11. The molecule has 0 fully saturated rings. The van der Waals surface area contributed by atoms with Gasteiger partial charge in [-0.2, -0.15) is 5.26 Å². The lowest BCUT2D eigenvalue weighted by Crippen LogP contribution is -2.08. The third-order valence-corrected chi connectivity index (χ3v) is 1.19. The molecule has 0 aliphatic heterocycles. The second kappa shape index (κ2) is 1.92. The summed E-state index contributed by atoms with van der Waals surface area (Å²) in [5.41, 5.74) is 0. The molecule has 5 heteroatoms. The highest BCUT2D eigenvalue weighted by Crippen LogP contribution is 1.80. The van der Waals surface area contributed by atoms with Crippen LogP contribution in [0, 0.1) is 11.3 Å². The highest BCUT2D eigenvalue weighted by atomic mass is 32.2. The van der Waals surface area contributed by atoms with Gasteiger partial charge < -0.3 is 0 Å². The van der Waals surface area contributed by atoms with Crippen LogP contribution >= 0.6 is 0 Å². The maximum Gasteiger partial charge on any atom is 0.345 e. The molecule has 0 aromatic rings. The van der Waals surface area contributed by atoms with E-state index in [2.05, 4.69) is 0 Å². The third kappa shape index (κ3) is 1.71. The zero-order valence-corrected chi connectivity index (χ0v) is 4.90. The topological polar surface area (TPSA) is 75.0 Å². The Morgan fingerprint density at radius 3 is 2.00 bits per heavy atom. The van der Waals surface area contributed by atoms with Crippen LogP contribution in [-0.2, 0) is 14.6 Å². The number of nitriles is 1. The summed E-state index contributed by atoms with van der Waals surface area (Å²) in [7, 11) is -3.75. The Labute approximate surface area is 46.6 Å². The van der Waals surface area contributed by atoms with Crippen molar-refractivity contribution >= 4 is 15.0 Å². The van der Waals surface area contributed by atoms with Crippen molar-refractivity contribution in [3.05, 3.63) is 0 Å². The molecule has 0 aliphatic rings. The molecule has 0 aromatic heterocycles. The van der Waals surface area contributed by atoms with E-state index in [1.165, 1.54) is 0 Å². The predicted molar refractivity (Wildman–Crippen MR) is 25.5 cm³/mol. The number of rotatable bonds is 0. The summed E-state index contributed by atoms with van der Waals surface area (Å²) in [4.78, 5) is 9.88. The van der Waals surface area contributed by atoms with Crippen molar-refractivity contribution in [1.82, 2.24) is 0 Å². The second-order valence-corrected chi connectivity index (χ2v) is 3.09. The van der Waals surface area contributed by atoms with Crippen LogP contribution in [-0.4, -0.2) is 19.8 Å². The van der Waals surface area contributed by atoms with E-state index in [4.69, 9.17) is 5.26 Å². The first-order chi connectivity index (χ1) is 3.48. The zero-order valence-electron chi connectivity index (χ0n) is 4.08. The molecule has 0 saturated heterocycles. The summed E-state index contributed by atoms with van der Waals surface area (Å²) in [5, 5.41) is 6.30. The van der Waals surface area contributed by atoms with Crippen LogP contribution in [0.1, 0.15) is 0 Å². The highest BCUT2D eigenvalue weighted by molar-refractivity contribution is 8.06. The van der Waals surface area contributed by atoms with Crippen LogP contribution in [0.3, 0.4) is 0 Å². The van der Waals surface area contributed by atoms with E-state index in [0.717, 1.165) is 6.07 Å². The van der Waals surface area contributed by atoms with Crippen molar-refractivity contribution in [3.63, 3.8) is 0 Å². The van der Waals surface area contributed by atoms with Gasteiger partial charge in [-0.05, 0) is 0 Å². The Hall–Kier alpha value is -0.890. The predicted octanol–water partition coefficient (Wildman–Crippen LogP) is -0.919. The summed E-state index contributed by atoms with van der Waals surface area (Å²) < 4.78 is 20.0. The van der Waals surface area contributed by atoms with Crippen molar-refractivity contribution in [1.29, 1.82) is 5.26 Å². The molecule has 0 aromatic carbocycles. The number of carbonyl (C=O) groups excluding carboxylic acids is 1. The van der Waals surface area contributed by atoms with E-state index in [9.17, 15) is 13.2 Å². The summed E-state index contributed by atoms with van der Waals surface area (Å²) in [6, 6.07) is 0.978. The molecule has 0 rings (SSSR count). The largest absolute Gasteiger partial charge is 0.345 e. The van der Waals surface area contributed by atoms with Gasteiger partial charge in [-0.25, -0.2) is 8.42 Å². The molecule has 0 heterocycles. The van der Waals surface area contributed by atoms with Gasteiger partial charge in [0.1, 0.15) is 0 Å². The maximum absolute atomic E-state index is 9.99. The summed E-state index contributed by atoms with van der Waals surface area (Å²) >= 11 is 0. The molecular weight excluding hydrogens is 130 g/mol. The maximum atomic E-state index is 9.99. The number of hydrogen-bond donors (Lipinski definition) is 0. The minimum Gasteiger partial charge on any atom is -0.264 e. The van der Waals surface area contributed by atoms with E-state index in [-0.39, 0.29) is 0 Å². The van der Waals surface area contributed by atoms with Gasteiger partial charge >= 0.3 is 5.12 Å². The lowest BCUT2D eigenvalue weighted by atomic mass is 10.9. The van der Waals surface area contributed by atoms with Crippen LogP contribution in [0.5, 0.6) is 0 Å². The minimum atomic E-state index is -3.75. The standard InChI is InChI=1S/C3H3NO3S/c1-8(6,7)3(5)2-4/h1H3. The van der Waals surface area contributed by atoms with Crippen molar-refractivity contribution in [2.75, 3.05) is 6.26 Å². The zero-order chi connectivity index (χ0) is 6.78. The Morgan fingerprint density at radius 2 is 2.00 bits per heavy atom. The fourth-order valence-electron chi connectivity index (χ4n) is 0.0829. The molecule has 0 spiro atoms. The molecule has 0 aliphatic carbocycles. The average Bonchev–Trinajstić information content (AvgIpc) is 1.62. The van der Waals surface area contributed by atoms with Crippen LogP contribution in [0.4, 0.5) is 0 Å². The number of nitrogens with zero attached hydrogens (tertiary/aromatic N) is 1. The molecular formula is C3H3NO3S. The quantitative estimate of drug-likeness (QED) is 0.400. The molecule has 8 heavy (non-hydrogen) atoms. The second-order valence-electron chi connectivity index (χ2n) is 1.17. The fourth-order valence-corrected chi connectivity index (χ4v) is 0.249. The monoisotopic (exact) mass is 133 g/mol. The van der Waals surface area contributed by atoms with E-state index < -0.39 is 15.0 Å². The van der Waals surface area contributed by atoms with Crippen LogP contribution in [0.15, 0.2) is 0 Å². The first-order valence-corrected chi connectivity index (χ1v) is 3.51. The Morgan fingerprint density at radius 1 is 1.62 bits per heavy atom. The first-order valence-electron chi connectivity index (χ1n) is 1.62. The van der Waals surface area contributed by atoms with Crippen molar-refractivity contribution < 1.29 is 13.2 Å². The van der Waals surface area contributed by atoms with Gasteiger partial charge in [0.2, 0.25) is 9.84 Å². The van der Waals surface area contributed by atoms with Crippen molar-refractivity contribution in [2.45, 2.75) is 0 Å². The van der Waals surface area contributed by atoms with Gasteiger partial charge in [0.25, 0.3) is 0 Å². The van der Waals surface area contributed by atoms with E-state index in [1.807, 2.05) is 0 Å². The Kier molecular flexibility index (Phi) is 1.71. The van der Waals surface area contributed by atoms with Crippen LogP contribution in [0.25, 0.3) is 0 Å². The molecule has 0 unspecified atom stereocenters. The smallest absolute Gasteiger partial charge is 0.264 e. The highest BCUT2D eigenvalue weighted by Gasteiger charge is 2.12. The lowest BCUT2D eigenvalue weighted by molar-refractivity contribution is -0.107. The van der Waals surface area contributed by atoms with Gasteiger partial charge in [0.05, 0.1) is 0 Å². The summed E-state index contributed by atoms with van der Waals surface area (Å²) in [6.07, 6.45) is 0.693. The molecule has 0 N–H and O–H groups in total. The van der Waals surface area contributed by atoms with Crippen LogP contribution < -0.4 is 0 Å². The van der Waals surface area contributed by atoms with Crippen molar-refractivity contribution in [3.8, 4) is 6.07 Å². The molecule has 0 atom stereocenters. The minimum absolute atomic E-state index is 0.693. The molecule has 4 nitrogen and oxygen atoms in total. The molecule has 0 saturated carbocycles. The average molecular weight is 133 g/mol. The van der Waals surface area contributed by atoms with Crippen molar-refractivity contribution in [2.24, 2.45) is 0 Å². The van der Waals surface area contributed by atoms with Crippen LogP contribution in [0.2, 0.25) is 0 Å². The molecule has 44 valence electrons. The number of hydrogen-bond acceptors (Lipinski definition) is 4. The van der Waals surface area contributed by atoms with E-state index in [1.54, 1.807) is 0 Å². The fraction of sp³-hybridized carbons (Fsp3) is 0.333. The number of carbonyl (C=O) groups is 1. The van der Waals surface area contributed by atoms with Gasteiger partial charge in [0.15, 0.2) is 6.07 Å². The normalized spacial score (nSPS) is 10.0. The summed E-state index contributed by atoms with van der Waals surface area (Å²) in [5.74, 6) is 0. The molecule has 0 bridgehead atoms. The van der Waals surface area contributed by atoms with Gasteiger partial charge in [-0.3, -0.25) is 4.79 Å².